The van der Waals surface area contributed by atoms with Crippen LogP contribution in [0.1, 0.15) is 33.1 Å². The molecule has 0 aliphatic heterocycles. The Hall–Kier alpha value is -0.120. The van der Waals surface area contributed by atoms with Gasteiger partial charge in [-0.15, -0.1) is 0 Å². The highest BCUT2D eigenvalue weighted by Crippen LogP contribution is 2.24. The molecule has 15 heavy (non-hydrogen) atoms. The lowest BCUT2D eigenvalue weighted by Gasteiger charge is -2.23. The molecule has 0 heterocycles. The molecule has 3 nitrogen and oxygen atoms in total. The largest absolute Gasteiger partial charge is 0.379 e. The molecule has 0 amide bonds. The van der Waals surface area contributed by atoms with Gasteiger partial charge in [0.15, 0.2) is 0 Å². The SMILES string of the molecule is COC(C)(C)CCNCCN(C)C1CC1. The van der Waals surface area contributed by atoms with Gasteiger partial charge < -0.3 is 15.0 Å². The molecule has 3 heteroatoms. The zero-order valence-corrected chi connectivity index (χ0v) is 10.7. The zero-order valence-electron chi connectivity index (χ0n) is 10.7. The highest BCUT2D eigenvalue weighted by Gasteiger charge is 2.25. The van der Waals surface area contributed by atoms with E-state index in [-0.39, 0.29) is 5.60 Å². The fraction of sp³-hybridized carbons (Fsp3) is 1.00. The molecule has 0 unspecified atom stereocenters. The van der Waals surface area contributed by atoms with E-state index in [1.165, 1.54) is 12.8 Å². The van der Waals surface area contributed by atoms with Gasteiger partial charge in [-0.2, -0.15) is 0 Å². The second kappa shape index (κ2) is 5.83. The Bertz CT molecular complexity index is 178. The smallest absolute Gasteiger partial charge is 0.0634 e. The van der Waals surface area contributed by atoms with E-state index in [1.807, 2.05) is 0 Å². The van der Waals surface area contributed by atoms with Crippen LogP contribution >= 0.6 is 0 Å². The molecule has 0 atom stereocenters. The van der Waals surface area contributed by atoms with Crippen molar-refractivity contribution in [2.24, 2.45) is 0 Å². The van der Waals surface area contributed by atoms with E-state index in [0.717, 1.165) is 32.1 Å². The van der Waals surface area contributed by atoms with Crippen LogP contribution in [0.2, 0.25) is 0 Å². The van der Waals surface area contributed by atoms with Crippen LogP contribution in [0.5, 0.6) is 0 Å². The molecule has 1 aliphatic carbocycles. The van der Waals surface area contributed by atoms with Gasteiger partial charge in [0.25, 0.3) is 0 Å². The molecule has 1 N–H and O–H groups in total. The van der Waals surface area contributed by atoms with Crippen LogP contribution in [-0.2, 0) is 4.74 Å². The van der Waals surface area contributed by atoms with Gasteiger partial charge >= 0.3 is 0 Å². The minimum absolute atomic E-state index is 0.00932. The number of hydrogen-bond acceptors (Lipinski definition) is 3. The van der Waals surface area contributed by atoms with Crippen molar-refractivity contribution >= 4 is 0 Å². The maximum atomic E-state index is 5.36. The van der Waals surface area contributed by atoms with Crippen LogP contribution in [-0.4, -0.2) is 50.3 Å². The molecule has 90 valence electrons. The third-order valence-electron chi connectivity index (χ3n) is 3.27. The van der Waals surface area contributed by atoms with Crippen LogP contribution in [0.15, 0.2) is 0 Å². The first-order valence-electron chi connectivity index (χ1n) is 6.01. The second-order valence-corrected chi connectivity index (χ2v) is 5.18. The molecule has 0 bridgehead atoms. The molecule has 1 aliphatic rings. The maximum absolute atomic E-state index is 5.36. The van der Waals surface area contributed by atoms with E-state index in [2.05, 4.69) is 31.1 Å². The van der Waals surface area contributed by atoms with E-state index in [0.29, 0.717) is 0 Å². The van der Waals surface area contributed by atoms with Gasteiger partial charge in [-0.25, -0.2) is 0 Å². The Morgan fingerprint density at radius 1 is 1.33 bits per heavy atom. The Kier molecular flexibility index (Phi) is 5.03. The van der Waals surface area contributed by atoms with Crippen LogP contribution in [0, 0.1) is 0 Å². The number of rotatable bonds is 8. The number of methoxy groups -OCH3 is 1. The third kappa shape index (κ3) is 5.50. The minimum atomic E-state index is 0.00932. The van der Waals surface area contributed by atoms with Gasteiger partial charge in [0.2, 0.25) is 0 Å². The Labute approximate surface area is 94.2 Å². The van der Waals surface area contributed by atoms with Crippen LogP contribution < -0.4 is 5.32 Å². The molecular weight excluding hydrogens is 188 g/mol. The quantitative estimate of drug-likeness (QED) is 0.620. The first-order valence-corrected chi connectivity index (χ1v) is 6.01. The Morgan fingerprint density at radius 3 is 2.53 bits per heavy atom. The lowest BCUT2D eigenvalue weighted by molar-refractivity contribution is 0.0158. The first kappa shape index (κ1) is 12.9. The molecule has 0 saturated heterocycles. The summed E-state index contributed by atoms with van der Waals surface area (Å²) in [4.78, 5) is 2.45. The summed E-state index contributed by atoms with van der Waals surface area (Å²) in [6, 6.07) is 0.877. The highest BCUT2D eigenvalue weighted by atomic mass is 16.5. The molecule has 0 aromatic heterocycles. The summed E-state index contributed by atoms with van der Waals surface area (Å²) < 4.78 is 5.36. The molecule has 0 aromatic rings. The lowest BCUT2D eigenvalue weighted by atomic mass is 10.1. The molecular formula is C12H26N2O. The van der Waals surface area contributed by atoms with Crippen molar-refractivity contribution in [3.05, 3.63) is 0 Å². The van der Waals surface area contributed by atoms with E-state index < -0.39 is 0 Å². The predicted octanol–water partition coefficient (Wildman–Crippen LogP) is 1.49. The Morgan fingerprint density at radius 2 is 2.00 bits per heavy atom. The van der Waals surface area contributed by atoms with E-state index in [9.17, 15) is 0 Å². The molecule has 1 rings (SSSR count). The fourth-order valence-corrected chi connectivity index (χ4v) is 1.57. The van der Waals surface area contributed by atoms with Gasteiger partial charge in [0.1, 0.15) is 0 Å². The molecule has 0 aromatic carbocycles. The average molecular weight is 214 g/mol. The number of nitrogens with one attached hydrogen (secondary N) is 1. The molecule has 0 spiro atoms. The topological polar surface area (TPSA) is 24.5 Å². The molecule has 0 radical (unpaired) electrons. The summed E-state index contributed by atoms with van der Waals surface area (Å²) in [6.07, 6.45) is 3.86. The van der Waals surface area contributed by atoms with E-state index in [1.54, 1.807) is 7.11 Å². The number of likely N-dealkylation sites (N-methyl/N-ethyl adjacent to an activating group) is 1. The van der Waals surface area contributed by atoms with Crippen LogP contribution in [0.25, 0.3) is 0 Å². The minimum Gasteiger partial charge on any atom is -0.379 e. The van der Waals surface area contributed by atoms with Crippen LogP contribution in [0.4, 0.5) is 0 Å². The number of ether oxygens (including phenoxy) is 1. The van der Waals surface area contributed by atoms with Crippen molar-refractivity contribution in [1.29, 1.82) is 0 Å². The van der Waals surface area contributed by atoms with Crippen molar-refractivity contribution in [3.8, 4) is 0 Å². The summed E-state index contributed by atoms with van der Waals surface area (Å²) >= 11 is 0. The normalized spacial score (nSPS) is 17.4. The summed E-state index contributed by atoms with van der Waals surface area (Å²) in [5.41, 5.74) is 0.00932. The fourth-order valence-electron chi connectivity index (χ4n) is 1.57. The zero-order chi connectivity index (χ0) is 11.3. The van der Waals surface area contributed by atoms with Crippen LogP contribution in [0.3, 0.4) is 0 Å². The summed E-state index contributed by atoms with van der Waals surface area (Å²) in [7, 11) is 4.00. The standard InChI is InChI=1S/C12H26N2O/c1-12(2,15-4)7-8-13-9-10-14(3)11-5-6-11/h11,13H,5-10H2,1-4H3. The molecule has 1 saturated carbocycles. The predicted molar refractivity (Wildman–Crippen MR) is 64.2 cm³/mol. The number of nitrogens with zero attached hydrogens (tertiary/aromatic N) is 1. The second-order valence-electron chi connectivity index (χ2n) is 5.18. The highest BCUT2D eigenvalue weighted by molar-refractivity contribution is 4.82. The number of hydrogen-bond donors (Lipinski definition) is 1. The van der Waals surface area contributed by atoms with Gasteiger partial charge in [-0.05, 0) is 46.7 Å². The van der Waals surface area contributed by atoms with E-state index >= 15 is 0 Å². The molecule has 1 fully saturated rings. The summed E-state index contributed by atoms with van der Waals surface area (Å²) in [6.45, 7) is 7.56. The Balaban J connectivity index is 1.92. The van der Waals surface area contributed by atoms with Crippen molar-refractivity contribution in [2.75, 3.05) is 33.8 Å². The summed E-state index contributed by atoms with van der Waals surface area (Å²) in [5, 5.41) is 3.47. The van der Waals surface area contributed by atoms with Gasteiger partial charge in [-0.1, -0.05) is 0 Å². The van der Waals surface area contributed by atoms with Gasteiger partial charge in [0, 0.05) is 26.2 Å². The van der Waals surface area contributed by atoms with Crippen molar-refractivity contribution < 1.29 is 4.74 Å². The third-order valence-corrected chi connectivity index (χ3v) is 3.27. The van der Waals surface area contributed by atoms with Gasteiger partial charge in [0.05, 0.1) is 5.60 Å². The van der Waals surface area contributed by atoms with Gasteiger partial charge in [-0.3, -0.25) is 0 Å². The van der Waals surface area contributed by atoms with Crippen molar-refractivity contribution in [2.45, 2.75) is 44.8 Å². The summed E-state index contributed by atoms with van der Waals surface area (Å²) in [5.74, 6) is 0. The maximum Gasteiger partial charge on any atom is 0.0634 e. The van der Waals surface area contributed by atoms with E-state index in [4.69, 9.17) is 4.74 Å². The monoisotopic (exact) mass is 214 g/mol. The lowest BCUT2D eigenvalue weighted by Crippen LogP contribution is -2.34. The average Bonchev–Trinajstić information content (AvgIpc) is 3.00. The van der Waals surface area contributed by atoms with Crippen molar-refractivity contribution in [3.63, 3.8) is 0 Å². The van der Waals surface area contributed by atoms with Crippen molar-refractivity contribution in [1.82, 2.24) is 10.2 Å². The first-order chi connectivity index (χ1) is 7.05.